The van der Waals surface area contributed by atoms with E-state index in [4.69, 9.17) is 0 Å². The van der Waals surface area contributed by atoms with Gasteiger partial charge in [-0.15, -0.1) is 11.3 Å². The summed E-state index contributed by atoms with van der Waals surface area (Å²) in [5, 5.41) is 16.6. The molecule has 1 atom stereocenters. The van der Waals surface area contributed by atoms with Crippen LogP contribution in [0.2, 0.25) is 0 Å². The highest BCUT2D eigenvalue weighted by atomic mass is 32.1. The lowest BCUT2D eigenvalue weighted by Crippen LogP contribution is -2.40. The van der Waals surface area contributed by atoms with Gasteiger partial charge in [0, 0.05) is 18.0 Å². The molecule has 0 aliphatic heterocycles. The average molecular weight is 336 g/mol. The first-order valence-electron chi connectivity index (χ1n) is 7.08. The maximum absolute atomic E-state index is 12.7. The fraction of sp³-hybridized carbons (Fsp3) is 0.250. The Morgan fingerprint density at radius 3 is 2.48 bits per heavy atom. The highest BCUT2D eigenvalue weighted by Crippen LogP contribution is 2.20. The fourth-order valence-corrected chi connectivity index (χ4v) is 2.64. The van der Waals surface area contributed by atoms with Gasteiger partial charge in [-0.3, -0.25) is 9.59 Å². The number of thiophene rings is 1. The van der Waals surface area contributed by atoms with Crippen LogP contribution in [0.5, 0.6) is 0 Å². The summed E-state index contributed by atoms with van der Waals surface area (Å²) in [5.41, 5.74) is 0.695. The largest absolute Gasteiger partial charge is 0.388 e. The number of amides is 2. The molecule has 1 aromatic carbocycles. The SMILES string of the molecule is O=C(NCCC(O)c1cccs1)C(=O)NCc1ccc(F)cc1. The highest BCUT2D eigenvalue weighted by molar-refractivity contribution is 7.10. The summed E-state index contributed by atoms with van der Waals surface area (Å²) in [5.74, 6) is -1.88. The van der Waals surface area contributed by atoms with Crippen molar-refractivity contribution in [2.75, 3.05) is 6.54 Å². The lowest BCUT2D eigenvalue weighted by molar-refractivity contribution is -0.139. The number of halogens is 1. The molecule has 1 unspecified atom stereocenters. The van der Waals surface area contributed by atoms with Gasteiger partial charge in [0.05, 0.1) is 6.10 Å². The number of hydrogen-bond donors (Lipinski definition) is 3. The van der Waals surface area contributed by atoms with Crippen LogP contribution in [0.4, 0.5) is 4.39 Å². The van der Waals surface area contributed by atoms with Crippen LogP contribution in [-0.4, -0.2) is 23.5 Å². The van der Waals surface area contributed by atoms with Gasteiger partial charge in [0.25, 0.3) is 0 Å². The van der Waals surface area contributed by atoms with Gasteiger partial charge < -0.3 is 15.7 Å². The minimum absolute atomic E-state index is 0.143. The number of nitrogens with one attached hydrogen (secondary N) is 2. The molecule has 0 aliphatic rings. The van der Waals surface area contributed by atoms with E-state index in [0.717, 1.165) is 4.88 Å². The summed E-state index contributed by atoms with van der Waals surface area (Å²) < 4.78 is 12.7. The van der Waals surface area contributed by atoms with Crippen molar-refractivity contribution in [3.8, 4) is 0 Å². The number of hydrogen-bond acceptors (Lipinski definition) is 4. The second kappa shape index (κ2) is 8.40. The third-order valence-corrected chi connectivity index (χ3v) is 4.12. The lowest BCUT2D eigenvalue weighted by atomic mass is 10.2. The molecule has 1 heterocycles. The third kappa shape index (κ3) is 5.46. The topological polar surface area (TPSA) is 78.4 Å². The van der Waals surface area contributed by atoms with Crippen LogP contribution in [0.3, 0.4) is 0 Å². The van der Waals surface area contributed by atoms with Crippen LogP contribution >= 0.6 is 11.3 Å². The smallest absolute Gasteiger partial charge is 0.309 e. The predicted octanol–water partition coefficient (Wildman–Crippen LogP) is 1.74. The van der Waals surface area contributed by atoms with Gasteiger partial charge in [0.1, 0.15) is 5.82 Å². The summed E-state index contributed by atoms with van der Waals surface area (Å²) in [6.45, 7) is 0.340. The molecule has 0 saturated heterocycles. The Kier molecular flexibility index (Phi) is 6.25. The number of benzene rings is 1. The predicted molar refractivity (Wildman–Crippen MR) is 85.2 cm³/mol. The molecule has 2 rings (SSSR count). The van der Waals surface area contributed by atoms with Crippen molar-refractivity contribution in [2.24, 2.45) is 0 Å². The maximum Gasteiger partial charge on any atom is 0.309 e. The standard InChI is InChI=1S/C16H17FN2O3S/c17-12-5-3-11(4-6-12)10-19-16(22)15(21)18-8-7-13(20)14-2-1-9-23-14/h1-6,9,13,20H,7-8,10H2,(H,18,21)(H,19,22). The zero-order valence-corrected chi connectivity index (χ0v) is 13.1. The Bertz CT molecular complexity index is 644. The molecule has 122 valence electrons. The summed E-state index contributed by atoms with van der Waals surface area (Å²) in [7, 11) is 0. The van der Waals surface area contributed by atoms with E-state index in [0.29, 0.717) is 12.0 Å². The third-order valence-electron chi connectivity index (χ3n) is 3.15. The van der Waals surface area contributed by atoms with Gasteiger partial charge in [-0.05, 0) is 35.6 Å². The van der Waals surface area contributed by atoms with E-state index in [1.165, 1.54) is 35.6 Å². The van der Waals surface area contributed by atoms with Gasteiger partial charge in [0.2, 0.25) is 0 Å². The second-order valence-corrected chi connectivity index (χ2v) is 5.86. The van der Waals surface area contributed by atoms with Crippen LogP contribution in [0.25, 0.3) is 0 Å². The van der Waals surface area contributed by atoms with Gasteiger partial charge in [-0.2, -0.15) is 0 Å². The Morgan fingerprint density at radius 1 is 1.13 bits per heavy atom. The molecule has 23 heavy (non-hydrogen) atoms. The molecule has 2 amide bonds. The quantitative estimate of drug-likeness (QED) is 0.703. The molecule has 0 aliphatic carbocycles. The van der Waals surface area contributed by atoms with E-state index in [-0.39, 0.29) is 18.9 Å². The molecule has 0 spiro atoms. The Labute approximate surface area is 137 Å². The van der Waals surface area contributed by atoms with Gasteiger partial charge in [-0.25, -0.2) is 4.39 Å². The molecule has 3 N–H and O–H groups in total. The van der Waals surface area contributed by atoms with Crippen molar-refractivity contribution in [3.05, 3.63) is 58.0 Å². The molecule has 5 nitrogen and oxygen atoms in total. The van der Waals surface area contributed by atoms with Crippen molar-refractivity contribution in [2.45, 2.75) is 19.1 Å². The van der Waals surface area contributed by atoms with E-state index >= 15 is 0 Å². The van der Waals surface area contributed by atoms with Gasteiger partial charge >= 0.3 is 11.8 Å². The van der Waals surface area contributed by atoms with Crippen molar-refractivity contribution < 1.29 is 19.1 Å². The van der Waals surface area contributed by atoms with Gasteiger partial charge in [-0.1, -0.05) is 18.2 Å². The lowest BCUT2D eigenvalue weighted by Gasteiger charge is -2.10. The van der Waals surface area contributed by atoms with E-state index in [9.17, 15) is 19.1 Å². The number of rotatable bonds is 6. The van der Waals surface area contributed by atoms with Crippen LogP contribution in [-0.2, 0) is 16.1 Å². The number of carbonyl (C=O) groups is 2. The molecular weight excluding hydrogens is 319 g/mol. The van der Waals surface area contributed by atoms with Crippen LogP contribution in [0.15, 0.2) is 41.8 Å². The zero-order valence-electron chi connectivity index (χ0n) is 12.3. The molecule has 0 radical (unpaired) electrons. The number of carbonyl (C=O) groups excluding carboxylic acids is 2. The minimum Gasteiger partial charge on any atom is -0.388 e. The number of aliphatic hydroxyl groups excluding tert-OH is 1. The normalized spacial score (nSPS) is 11.7. The van der Waals surface area contributed by atoms with Crippen LogP contribution in [0.1, 0.15) is 23.0 Å². The molecule has 0 saturated carbocycles. The first-order chi connectivity index (χ1) is 11.1. The molecule has 0 fully saturated rings. The monoisotopic (exact) mass is 336 g/mol. The Balaban J connectivity index is 1.68. The summed E-state index contributed by atoms with van der Waals surface area (Å²) in [6, 6.07) is 9.29. The van der Waals surface area contributed by atoms with Crippen molar-refractivity contribution in [3.63, 3.8) is 0 Å². The maximum atomic E-state index is 12.7. The minimum atomic E-state index is -0.764. The van der Waals surface area contributed by atoms with Gasteiger partial charge in [0.15, 0.2) is 0 Å². The molecule has 0 bridgehead atoms. The summed E-state index contributed by atoms with van der Waals surface area (Å²) in [4.78, 5) is 24.1. The first-order valence-corrected chi connectivity index (χ1v) is 7.96. The van der Waals surface area contributed by atoms with E-state index in [2.05, 4.69) is 10.6 Å². The van der Waals surface area contributed by atoms with E-state index in [1.54, 1.807) is 0 Å². The summed E-state index contributed by atoms with van der Waals surface area (Å²) >= 11 is 1.43. The molecule has 7 heteroatoms. The second-order valence-electron chi connectivity index (χ2n) is 4.88. The highest BCUT2D eigenvalue weighted by Gasteiger charge is 2.14. The van der Waals surface area contributed by atoms with E-state index in [1.807, 2.05) is 17.5 Å². The molecule has 1 aromatic heterocycles. The zero-order chi connectivity index (χ0) is 16.7. The Hall–Kier alpha value is -2.25. The molecule has 2 aromatic rings. The summed E-state index contributed by atoms with van der Waals surface area (Å²) in [6.07, 6.45) is -0.324. The van der Waals surface area contributed by atoms with Crippen LogP contribution < -0.4 is 10.6 Å². The number of aliphatic hydroxyl groups is 1. The Morgan fingerprint density at radius 2 is 1.83 bits per heavy atom. The van der Waals surface area contributed by atoms with Crippen LogP contribution in [0, 0.1) is 5.82 Å². The van der Waals surface area contributed by atoms with Crippen molar-refractivity contribution in [1.29, 1.82) is 0 Å². The first kappa shape index (κ1) is 17.1. The van der Waals surface area contributed by atoms with E-state index < -0.39 is 17.9 Å². The fourth-order valence-electron chi connectivity index (χ4n) is 1.89. The average Bonchev–Trinajstić information content (AvgIpc) is 3.08. The van der Waals surface area contributed by atoms with Crippen molar-refractivity contribution >= 4 is 23.2 Å². The van der Waals surface area contributed by atoms with Crippen molar-refractivity contribution in [1.82, 2.24) is 10.6 Å². The molecular formula is C16H17FN2O3S.